The number of nitrogens with zero attached hydrogens (tertiary/aromatic N) is 6. The van der Waals surface area contributed by atoms with Crippen molar-refractivity contribution in [2.24, 2.45) is 5.92 Å². The molecular formula is C35H34F5N7O2S. The van der Waals surface area contributed by atoms with Crippen molar-refractivity contribution in [2.75, 3.05) is 43.9 Å². The lowest BCUT2D eigenvalue weighted by Crippen LogP contribution is -2.48. The number of hydrogen-bond donors (Lipinski definition) is 1. The number of anilines is 2. The summed E-state index contributed by atoms with van der Waals surface area (Å²) in [7, 11) is 1.24. The minimum atomic E-state index is -5.06. The number of halogens is 5. The maximum atomic E-state index is 16.5. The highest BCUT2D eigenvalue weighted by atomic mass is 32.1. The number of methoxy groups -OCH3 is 1. The van der Waals surface area contributed by atoms with Crippen molar-refractivity contribution in [3.8, 4) is 23.2 Å². The van der Waals surface area contributed by atoms with Crippen molar-refractivity contribution in [1.82, 2.24) is 19.8 Å². The molecule has 0 radical (unpaired) electrons. The van der Waals surface area contributed by atoms with Gasteiger partial charge in [-0.05, 0) is 61.9 Å². The van der Waals surface area contributed by atoms with Gasteiger partial charge in [0.05, 0.1) is 35.0 Å². The molecule has 2 N–H and O–H groups in total. The van der Waals surface area contributed by atoms with E-state index in [9.17, 15) is 27.6 Å². The number of piperazine rings is 1. The minimum absolute atomic E-state index is 0.0303. The Kier molecular flexibility index (Phi) is 8.58. The van der Waals surface area contributed by atoms with Gasteiger partial charge in [0, 0.05) is 42.0 Å². The van der Waals surface area contributed by atoms with Gasteiger partial charge in [-0.15, -0.1) is 11.3 Å². The topological polar surface area (TPSA) is 112 Å². The van der Waals surface area contributed by atoms with Crippen molar-refractivity contribution in [1.29, 1.82) is 5.26 Å². The fraction of sp³-hybridized carbons (Fsp3) is 0.429. The molecular weight excluding hydrogens is 677 g/mol. The van der Waals surface area contributed by atoms with Crippen LogP contribution in [-0.4, -0.2) is 77.1 Å². The Hall–Kier alpha value is -4.55. The molecule has 1 saturated carbocycles. The van der Waals surface area contributed by atoms with Gasteiger partial charge in [-0.2, -0.15) is 28.4 Å². The van der Waals surface area contributed by atoms with Crippen molar-refractivity contribution >= 4 is 49.1 Å². The number of benzene rings is 2. The van der Waals surface area contributed by atoms with Crippen molar-refractivity contribution in [3.05, 3.63) is 53.6 Å². The first-order valence-electron chi connectivity index (χ1n) is 16.4. The second kappa shape index (κ2) is 12.6. The number of carbonyl (C=O) groups excluding carboxylic acids is 1. The van der Waals surface area contributed by atoms with E-state index in [1.807, 2.05) is 0 Å². The highest BCUT2D eigenvalue weighted by Crippen LogP contribution is 2.49. The summed E-state index contributed by atoms with van der Waals surface area (Å²) in [5.41, 5.74) is 2.56. The smallest absolute Gasteiger partial charge is 0.417 e. The number of rotatable bonds is 4. The second-order valence-electron chi connectivity index (χ2n) is 13.2. The lowest BCUT2D eigenvalue weighted by atomic mass is 9.92. The summed E-state index contributed by atoms with van der Waals surface area (Å²) in [4.78, 5) is 26.6. The number of amides is 1. The Morgan fingerprint density at radius 3 is 2.64 bits per heavy atom. The molecule has 4 aromatic rings. The molecule has 3 saturated heterocycles. The molecule has 4 atom stereocenters. The van der Waals surface area contributed by atoms with E-state index in [2.05, 4.69) is 28.4 Å². The first-order valence-corrected chi connectivity index (χ1v) is 17.2. The number of alkyl halides is 3. The van der Waals surface area contributed by atoms with Gasteiger partial charge in [0.1, 0.15) is 28.2 Å². The molecule has 15 heteroatoms. The molecule has 3 unspecified atom stereocenters. The first kappa shape index (κ1) is 33.9. The molecule has 4 fully saturated rings. The number of aromatic nitrogens is 2. The summed E-state index contributed by atoms with van der Waals surface area (Å²) in [6.45, 7) is 9.12. The molecule has 262 valence electrons. The molecule has 8 rings (SSSR count). The number of fused-ring (bicyclic) bond motifs is 4. The van der Waals surface area contributed by atoms with Crippen LogP contribution in [0.3, 0.4) is 0 Å². The van der Waals surface area contributed by atoms with Crippen molar-refractivity contribution in [2.45, 2.75) is 56.9 Å². The monoisotopic (exact) mass is 711 g/mol. The molecule has 5 heterocycles. The van der Waals surface area contributed by atoms with Crippen LogP contribution in [0.15, 0.2) is 30.9 Å². The third-order valence-corrected chi connectivity index (χ3v) is 11.2. The molecule has 2 aromatic carbocycles. The van der Waals surface area contributed by atoms with E-state index in [1.54, 1.807) is 15.9 Å². The zero-order valence-corrected chi connectivity index (χ0v) is 28.2. The van der Waals surface area contributed by atoms with Crippen LogP contribution in [0.2, 0.25) is 0 Å². The van der Waals surface area contributed by atoms with E-state index in [1.165, 1.54) is 45.5 Å². The Balaban J connectivity index is 0.000000375. The molecule has 50 heavy (non-hydrogen) atoms. The summed E-state index contributed by atoms with van der Waals surface area (Å²) in [5.74, 6) is -1.39. The summed E-state index contributed by atoms with van der Waals surface area (Å²) in [5, 5.41) is 9.11. The number of ether oxygens (including phenoxy) is 1. The average molecular weight is 712 g/mol. The molecule has 0 spiro atoms. The van der Waals surface area contributed by atoms with Crippen molar-refractivity contribution in [3.63, 3.8) is 0 Å². The normalized spacial score (nSPS) is 22.9. The number of nitrogens with two attached hydrogens (primary N) is 1. The van der Waals surface area contributed by atoms with E-state index in [0.29, 0.717) is 17.8 Å². The second-order valence-corrected chi connectivity index (χ2v) is 14.3. The lowest BCUT2D eigenvalue weighted by molar-refractivity contribution is -0.137. The van der Waals surface area contributed by atoms with Crippen LogP contribution in [0.4, 0.5) is 32.8 Å². The highest BCUT2D eigenvalue weighted by molar-refractivity contribution is 7.23. The van der Waals surface area contributed by atoms with Crippen LogP contribution in [0.25, 0.3) is 32.1 Å². The Bertz CT molecular complexity index is 2070. The minimum Gasteiger partial charge on any atom is -0.467 e. The molecule has 3 aliphatic heterocycles. The lowest BCUT2D eigenvalue weighted by Gasteiger charge is -2.35. The van der Waals surface area contributed by atoms with Crippen LogP contribution < -0.4 is 15.4 Å². The molecule has 4 aliphatic rings. The van der Waals surface area contributed by atoms with Gasteiger partial charge in [-0.25, -0.2) is 8.78 Å². The third kappa shape index (κ3) is 5.68. The molecule has 2 aromatic heterocycles. The SMILES string of the molecule is C=CC(=O)N1CCN(c2nc(OC)nc3c(F)c(-c4ccc(F)c5sc(N)c(C#N)c45)c(C(F)(F)F)cc23)C2CC21.C[C@@H]1CC2CCCN2C1. The fourth-order valence-corrected chi connectivity index (χ4v) is 8.83. The summed E-state index contributed by atoms with van der Waals surface area (Å²) in [6.07, 6.45) is 1.09. The first-order chi connectivity index (χ1) is 23.9. The van der Waals surface area contributed by atoms with E-state index in [-0.39, 0.29) is 74.5 Å². The van der Waals surface area contributed by atoms with Crippen LogP contribution in [0, 0.1) is 28.9 Å². The zero-order chi connectivity index (χ0) is 35.6. The number of thiophene rings is 1. The summed E-state index contributed by atoms with van der Waals surface area (Å²) in [6, 6.07) is 4.71. The number of carbonyl (C=O) groups is 1. The van der Waals surface area contributed by atoms with Gasteiger partial charge >= 0.3 is 12.2 Å². The van der Waals surface area contributed by atoms with E-state index in [0.717, 1.165) is 30.2 Å². The maximum Gasteiger partial charge on any atom is 0.417 e. The molecule has 0 bridgehead atoms. The van der Waals surface area contributed by atoms with Gasteiger partial charge in [-0.3, -0.25) is 4.79 Å². The van der Waals surface area contributed by atoms with Gasteiger partial charge in [0.2, 0.25) is 5.91 Å². The molecule has 1 aliphatic carbocycles. The Labute approximate surface area is 288 Å². The quantitative estimate of drug-likeness (QED) is 0.183. The predicted octanol–water partition coefficient (Wildman–Crippen LogP) is 6.74. The number of nitriles is 1. The van der Waals surface area contributed by atoms with E-state index < -0.39 is 34.5 Å². The van der Waals surface area contributed by atoms with Crippen LogP contribution in [-0.2, 0) is 11.0 Å². The highest BCUT2D eigenvalue weighted by Gasteiger charge is 2.51. The number of nitrogen functional groups attached to an aromatic ring is 1. The van der Waals surface area contributed by atoms with Gasteiger partial charge in [-0.1, -0.05) is 19.6 Å². The number of hydrogen-bond acceptors (Lipinski definition) is 9. The van der Waals surface area contributed by atoms with Crippen LogP contribution in [0.5, 0.6) is 6.01 Å². The Morgan fingerprint density at radius 2 is 1.96 bits per heavy atom. The van der Waals surface area contributed by atoms with Gasteiger partial charge in [0.15, 0.2) is 5.82 Å². The largest absolute Gasteiger partial charge is 0.467 e. The van der Waals surface area contributed by atoms with Gasteiger partial charge < -0.3 is 25.2 Å². The summed E-state index contributed by atoms with van der Waals surface area (Å²) >= 11 is 0.688. The average Bonchev–Trinajstić information content (AvgIpc) is 3.47. The van der Waals surface area contributed by atoms with Crippen LogP contribution >= 0.6 is 11.3 Å². The van der Waals surface area contributed by atoms with Crippen molar-refractivity contribution < 1.29 is 31.5 Å². The Morgan fingerprint density at radius 1 is 1.18 bits per heavy atom. The maximum absolute atomic E-state index is 16.5. The van der Waals surface area contributed by atoms with E-state index in [4.69, 9.17) is 10.5 Å². The molecule has 9 nitrogen and oxygen atoms in total. The van der Waals surface area contributed by atoms with E-state index >= 15 is 4.39 Å². The third-order valence-electron chi connectivity index (χ3n) is 10.1. The van der Waals surface area contributed by atoms with Gasteiger partial charge in [0.25, 0.3) is 0 Å². The van der Waals surface area contributed by atoms with Crippen LogP contribution in [0.1, 0.15) is 43.7 Å². The standard InChI is InChI=1S/C27H19F5N6O2S.C8H15N/c1-3-18(39)37-6-7-38(17-9-16(17)37)25-12-8-14(27(30,31)32)20(21(29)22(12)35-26(36-25)40-2)11-4-5-15(28)23-19(11)13(10-33)24(34)41-23;1-7-5-8-3-2-4-9(8)6-7/h3-5,8,16-17H,1,6-7,9,34H2,2H3;7-8H,2-6H2,1H3/t;7-,8?/m.1/s1. The molecule has 1 amide bonds. The zero-order valence-electron chi connectivity index (χ0n) is 27.4. The fourth-order valence-electron chi connectivity index (χ4n) is 7.88. The summed E-state index contributed by atoms with van der Waals surface area (Å²) < 4.78 is 80.0. The predicted molar refractivity (Wildman–Crippen MR) is 181 cm³/mol.